The van der Waals surface area contributed by atoms with E-state index in [0.29, 0.717) is 18.3 Å². The van der Waals surface area contributed by atoms with E-state index in [0.717, 1.165) is 18.5 Å². The molecule has 1 atom stereocenters. The Morgan fingerprint density at radius 3 is 2.33 bits per heavy atom. The highest BCUT2D eigenvalue weighted by molar-refractivity contribution is 5.94. The van der Waals surface area contributed by atoms with Crippen molar-refractivity contribution in [1.29, 1.82) is 0 Å². The standard InChI is InChI=1S/C16H27N3O2/c1-4-15(5-2)19(10-11-20)12(3)16(21)18-14-8-6-13(17)7-9-14/h6-9,12,15,20H,4-5,10-11,17H2,1-3H3,(H,18,21). The number of nitrogen functional groups attached to an aromatic ring is 1. The largest absolute Gasteiger partial charge is 0.399 e. The fraction of sp³-hybridized carbons (Fsp3) is 0.562. The highest BCUT2D eigenvalue weighted by Gasteiger charge is 2.25. The van der Waals surface area contributed by atoms with Gasteiger partial charge in [0.2, 0.25) is 5.91 Å². The van der Waals surface area contributed by atoms with E-state index in [4.69, 9.17) is 5.73 Å². The molecule has 1 amide bonds. The summed E-state index contributed by atoms with van der Waals surface area (Å²) in [6, 6.07) is 7.09. The quantitative estimate of drug-likeness (QED) is 0.641. The number of hydrogen-bond donors (Lipinski definition) is 3. The van der Waals surface area contributed by atoms with Crippen molar-refractivity contribution in [2.45, 2.75) is 45.7 Å². The van der Waals surface area contributed by atoms with Crippen LogP contribution in [0, 0.1) is 0 Å². The van der Waals surface area contributed by atoms with Crippen LogP contribution in [0.15, 0.2) is 24.3 Å². The lowest BCUT2D eigenvalue weighted by molar-refractivity contribution is -0.121. The molecule has 0 saturated carbocycles. The summed E-state index contributed by atoms with van der Waals surface area (Å²) < 4.78 is 0. The van der Waals surface area contributed by atoms with Crippen LogP contribution in [0.2, 0.25) is 0 Å². The van der Waals surface area contributed by atoms with Gasteiger partial charge in [0.1, 0.15) is 0 Å². The molecule has 118 valence electrons. The van der Waals surface area contributed by atoms with Crippen LogP contribution in [0.1, 0.15) is 33.6 Å². The number of nitrogens with zero attached hydrogens (tertiary/aromatic N) is 1. The zero-order chi connectivity index (χ0) is 15.8. The Bertz CT molecular complexity index is 430. The molecule has 1 aromatic carbocycles. The van der Waals surface area contributed by atoms with Crippen molar-refractivity contribution in [3.63, 3.8) is 0 Å². The lowest BCUT2D eigenvalue weighted by Crippen LogP contribution is -2.48. The van der Waals surface area contributed by atoms with Crippen LogP contribution in [0.5, 0.6) is 0 Å². The van der Waals surface area contributed by atoms with Gasteiger partial charge >= 0.3 is 0 Å². The highest BCUT2D eigenvalue weighted by atomic mass is 16.3. The Morgan fingerprint density at radius 1 is 1.29 bits per heavy atom. The molecule has 0 heterocycles. The molecule has 0 aliphatic carbocycles. The summed E-state index contributed by atoms with van der Waals surface area (Å²) in [4.78, 5) is 14.4. The number of aliphatic hydroxyl groups excluding tert-OH is 1. The van der Waals surface area contributed by atoms with Gasteiger partial charge in [-0.1, -0.05) is 13.8 Å². The summed E-state index contributed by atoms with van der Waals surface area (Å²) in [5.41, 5.74) is 7.03. The molecule has 0 bridgehead atoms. The average Bonchev–Trinajstić information content (AvgIpc) is 2.49. The van der Waals surface area contributed by atoms with E-state index in [1.165, 1.54) is 0 Å². The molecule has 4 N–H and O–H groups in total. The van der Waals surface area contributed by atoms with Gasteiger partial charge in [-0.15, -0.1) is 0 Å². The fourth-order valence-electron chi connectivity index (χ4n) is 2.53. The Labute approximate surface area is 127 Å². The smallest absolute Gasteiger partial charge is 0.241 e. The van der Waals surface area contributed by atoms with Crippen LogP contribution in [-0.4, -0.2) is 41.1 Å². The van der Waals surface area contributed by atoms with Crippen LogP contribution >= 0.6 is 0 Å². The molecule has 0 saturated heterocycles. The molecular formula is C16H27N3O2. The van der Waals surface area contributed by atoms with Crippen molar-refractivity contribution in [2.75, 3.05) is 24.2 Å². The summed E-state index contributed by atoms with van der Waals surface area (Å²) in [5.74, 6) is -0.0693. The van der Waals surface area contributed by atoms with Gasteiger partial charge in [0, 0.05) is 24.0 Å². The first kappa shape index (κ1) is 17.5. The minimum absolute atomic E-state index is 0.0516. The number of amides is 1. The molecular weight excluding hydrogens is 266 g/mol. The lowest BCUT2D eigenvalue weighted by Gasteiger charge is -2.34. The second-order valence-electron chi connectivity index (χ2n) is 5.22. The zero-order valence-electron chi connectivity index (χ0n) is 13.2. The first-order chi connectivity index (χ1) is 10.0. The zero-order valence-corrected chi connectivity index (χ0v) is 13.2. The third-order valence-corrected chi connectivity index (χ3v) is 3.82. The van der Waals surface area contributed by atoms with E-state index >= 15 is 0 Å². The van der Waals surface area contributed by atoms with E-state index in [1.54, 1.807) is 24.3 Å². The predicted octanol–water partition coefficient (Wildman–Crippen LogP) is 2.08. The van der Waals surface area contributed by atoms with Gasteiger partial charge in [0.15, 0.2) is 0 Å². The normalized spacial score (nSPS) is 12.7. The van der Waals surface area contributed by atoms with E-state index < -0.39 is 0 Å². The predicted molar refractivity (Wildman–Crippen MR) is 87.1 cm³/mol. The summed E-state index contributed by atoms with van der Waals surface area (Å²) in [6.45, 7) is 6.63. The summed E-state index contributed by atoms with van der Waals surface area (Å²) in [7, 11) is 0. The van der Waals surface area contributed by atoms with Crippen LogP contribution in [-0.2, 0) is 4.79 Å². The van der Waals surface area contributed by atoms with E-state index in [9.17, 15) is 9.90 Å². The molecule has 1 rings (SSSR count). The number of nitrogens with two attached hydrogens (primary N) is 1. The van der Waals surface area contributed by atoms with Crippen molar-refractivity contribution in [3.05, 3.63) is 24.3 Å². The Hall–Kier alpha value is -1.59. The molecule has 5 heteroatoms. The minimum Gasteiger partial charge on any atom is -0.399 e. The topological polar surface area (TPSA) is 78.6 Å². The average molecular weight is 293 g/mol. The van der Waals surface area contributed by atoms with Crippen molar-refractivity contribution in [1.82, 2.24) is 4.90 Å². The summed E-state index contributed by atoms with van der Waals surface area (Å²) in [6.07, 6.45) is 1.91. The van der Waals surface area contributed by atoms with E-state index in [1.807, 2.05) is 6.92 Å². The number of carbonyl (C=O) groups is 1. The van der Waals surface area contributed by atoms with Crippen LogP contribution in [0.25, 0.3) is 0 Å². The number of carbonyl (C=O) groups excluding carboxylic acids is 1. The number of benzene rings is 1. The van der Waals surface area contributed by atoms with Gasteiger partial charge in [-0.3, -0.25) is 9.69 Å². The lowest BCUT2D eigenvalue weighted by atomic mass is 10.1. The first-order valence-corrected chi connectivity index (χ1v) is 7.56. The number of anilines is 2. The van der Waals surface area contributed by atoms with Gasteiger partial charge < -0.3 is 16.2 Å². The monoisotopic (exact) mass is 293 g/mol. The van der Waals surface area contributed by atoms with Crippen LogP contribution in [0.3, 0.4) is 0 Å². The number of hydrogen-bond acceptors (Lipinski definition) is 4. The molecule has 0 aromatic heterocycles. The Balaban J connectivity index is 2.75. The fourth-order valence-corrected chi connectivity index (χ4v) is 2.53. The maximum absolute atomic E-state index is 12.4. The van der Waals surface area contributed by atoms with E-state index in [2.05, 4.69) is 24.1 Å². The van der Waals surface area contributed by atoms with Gasteiger partial charge in [-0.25, -0.2) is 0 Å². The molecule has 0 aliphatic rings. The van der Waals surface area contributed by atoms with Crippen LogP contribution in [0.4, 0.5) is 11.4 Å². The van der Waals surface area contributed by atoms with Gasteiger partial charge in [0.05, 0.1) is 12.6 Å². The molecule has 0 spiro atoms. The Kier molecular flexibility index (Phi) is 7.19. The summed E-state index contributed by atoms with van der Waals surface area (Å²) in [5, 5.41) is 12.1. The third-order valence-electron chi connectivity index (χ3n) is 3.82. The summed E-state index contributed by atoms with van der Waals surface area (Å²) >= 11 is 0. The van der Waals surface area contributed by atoms with Crippen molar-refractivity contribution >= 4 is 17.3 Å². The van der Waals surface area contributed by atoms with Gasteiger partial charge in [-0.05, 0) is 44.0 Å². The second kappa shape index (κ2) is 8.64. The van der Waals surface area contributed by atoms with Crippen molar-refractivity contribution < 1.29 is 9.90 Å². The number of aliphatic hydroxyl groups is 1. The third kappa shape index (κ3) is 5.02. The molecule has 0 fully saturated rings. The van der Waals surface area contributed by atoms with Crippen LogP contribution < -0.4 is 11.1 Å². The Morgan fingerprint density at radius 2 is 1.86 bits per heavy atom. The molecule has 5 nitrogen and oxygen atoms in total. The minimum atomic E-state index is -0.292. The molecule has 0 aliphatic heterocycles. The van der Waals surface area contributed by atoms with Gasteiger partial charge in [0.25, 0.3) is 0 Å². The molecule has 0 radical (unpaired) electrons. The molecule has 1 unspecified atom stereocenters. The first-order valence-electron chi connectivity index (χ1n) is 7.56. The number of rotatable bonds is 8. The van der Waals surface area contributed by atoms with Gasteiger partial charge in [-0.2, -0.15) is 0 Å². The van der Waals surface area contributed by atoms with E-state index in [-0.39, 0.29) is 18.6 Å². The maximum Gasteiger partial charge on any atom is 0.241 e. The molecule has 21 heavy (non-hydrogen) atoms. The SMILES string of the molecule is CCC(CC)N(CCO)C(C)C(=O)Nc1ccc(N)cc1. The second-order valence-corrected chi connectivity index (χ2v) is 5.22. The number of nitrogens with one attached hydrogen (secondary N) is 1. The molecule has 1 aromatic rings. The maximum atomic E-state index is 12.4. The van der Waals surface area contributed by atoms with Crippen molar-refractivity contribution in [3.8, 4) is 0 Å². The highest BCUT2D eigenvalue weighted by Crippen LogP contribution is 2.15. The van der Waals surface area contributed by atoms with Crippen molar-refractivity contribution in [2.24, 2.45) is 0 Å².